The van der Waals surface area contributed by atoms with Crippen LogP contribution in [0.15, 0.2) is 121 Å². The number of hydrogen-bond donors (Lipinski definition) is 0. The molecule has 0 atom stereocenters. The third kappa shape index (κ3) is 6.16. The Labute approximate surface area is 334 Å². The normalized spacial score (nSPS) is 14.8. The summed E-state index contributed by atoms with van der Waals surface area (Å²) < 4.78 is 12.5. The number of anilines is 6. The molecule has 0 N–H and O–H groups in total. The average Bonchev–Trinajstić information content (AvgIpc) is 3.42. The Balaban J connectivity index is 1.40. The molecule has 6 aromatic rings. The lowest BCUT2D eigenvalue weighted by molar-refractivity contribution is 0.297. The van der Waals surface area contributed by atoms with Gasteiger partial charge in [-0.1, -0.05) is 129 Å². The van der Waals surface area contributed by atoms with Gasteiger partial charge in [0.1, 0.15) is 0 Å². The van der Waals surface area contributed by atoms with Crippen LogP contribution in [0.4, 0.5) is 34.1 Å². The molecule has 0 bridgehead atoms. The molecule has 0 aromatic heterocycles. The van der Waals surface area contributed by atoms with Crippen molar-refractivity contribution in [3.63, 3.8) is 0 Å². The van der Waals surface area contributed by atoms with Crippen molar-refractivity contribution >= 4 is 57.2 Å². The van der Waals surface area contributed by atoms with Crippen LogP contribution in [0.2, 0.25) is 0 Å². The van der Waals surface area contributed by atoms with E-state index >= 15 is 0 Å². The molecule has 3 heterocycles. The lowest BCUT2D eigenvalue weighted by Crippen LogP contribution is -2.61. The molecule has 0 radical (unpaired) electrons. The van der Waals surface area contributed by atoms with Crippen molar-refractivity contribution in [1.82, 2.24) is 0 Å². The van der Waals surface area contributed by atoms with Crippen molar-refractivity contribution in [1.29, 1.82) is 0 Å². The van der Waals surface area contributed by atoms with Crippen LogP contribution in [0.25, 0.3) is 11.1 Å². The first-order valence-corrected chi connectivity index (χ1v) is 20.3. The molecular formula is C51H53BN2O2. The smallest absolute Gasteiger partial charge is 0.252 e. The van der Waals surface area contributed by atoms with Crippen LogP contribution < -0.4 is 35.7 Å². The zero-order valence-electron chi connectivity index (χ0n) is 34.5. The van der Waals surface area contributed by atoms with Crippen molar-refractivity contribution in [3.05, 3.63) is 138 Å². The van der Waals surface area contributed by atoms with Gasteiger partial charge in [-0.2, -0.15) is 0 Å². The minimum atomic E-state index is -0.0268. The number of nitrogens with zero attached hydrogens (tertiary/aromatic N) is 2. The standard InChI is InChI=1S/C51H53BN2O2/c1-49(2,3)35-16-20-38(21-17-35)53-42-23-18-36(50(4,5)6)30-40(42)52-41-31-37(51(7,8)9)19-24-43(41)54(39-22-25-46-47(32-39)56-27-13-26-55-46)45-29-34(28-44(53)48(45)52)33-14-11-10-12-15-33/h10-12,14-25,28-32H,13,26-27H2,1-9H3. The predicted octanol–water partition coefficient (Wildman–Crippen LogP) is 11.5. The van der Waals surface area contributed by atoms with Crippen LogP contribution in [0.3, 0.4) is 0 Å². The lowest BCUT2D eigenvalue weighted by atomic mass is 9.33. The van der Waals surface area contributed by atoms with Gasteiger partial charge in [-0.3, -0.25) is 0 Å². The van der Waals surface area contributed by atoms with E-state index in [0.717, 1.165) is 29.3 Å². The van der Waals surface area contributed by atoms with Crippen molar-refractivity contribution in [2.45, 2.75) is 85.0 Å². The Bertz CT molecular complexity index is 2470. The van der Waals surface area contributed by atoms with Crippen molar-refractivity contribution in [3.8, 4) is 22.6 Å². The minimum absolute atomic E-state index is 0.0150. The van der Waals surface area contributed by atoms with Crippen LogP contribution in [-0.2, 0) is 16.2 Å². The molecule has 282 valence electrons. The van der Waals surface area contributed by atoms with E-state index in [1.807, 2.05) is 0 Å². The largest absolute Gasteiger partial charge is 0.490 e. The maximum Gasteiger partial charge on any atom is 0.252 e. The van der Waals surface area contributed by atoms with E-state index in [-0.39, 0.29) is 23.0 Å². The summed E-state index contributed by atoms with van der Waals surface area (Å²) in [5.41, 5.74) is 17.3. The van der Waals surface area contributed by atoms with Gasteiger partial charge in [-0.25, -0.2) is 0 Å². The van der Waals surface area contributed by atoms with Gasteiger partial charge >= 0.3 is 0 Å². The van der Waals surface area contributed by atoms with Gasteiger partial charge in [0.2, 0.25) is 0 Å². The molecule has 5 heteroatoms. The average molecular weight is 737 g/mol. The number of fused-ring (bicyclic) bond motifs is 5. The maximum atomic E-state index is 6.33. The molecule has 0 amide bonds. The highest BCUT2D eigenvalue weighted by Crippen LogP contribution is 2.48. The van der Waals surface area contributed by atoms with Crippen molar-refractivity contribution in [2.75, 3.05) is 23.0 Å². The Hall–Kier alpha value is -5.42. The fourth-order valence-corrected chi connectivity index (χ4v) is 8.69. The van der Waals surface area contributed by atoms with Gasteiger partial charge in [0.25, 0.3) is 6.71 Å². The molecular weight excluding hydrogens is 683 g/mol. The van der Waals surface area contributed by atoms with E-state index in [4.69, 9.17) is 9.47 Å². The Morgan fingerprint density at radius 2 is 0.946 bits per heavy atom. The predicted molar refractivity (Wildman–Crippen MR) is 238 cm³/mol. The molecule has 9 rings (SSSR count). The summed E-state index contributed by atoms with van der Waals surface area (Å²) in [6.45, 7) is 22.1. The minimum Gasteiger partial charge on any atom is -0.490 e. The topological polar surface area (TPSA) is 24.9 Å². The summed E-state index contributed by atoms with van der Waals surface area (Å²) in [5.74, 6) is 1.60. The summed E-state index contributed by atoms with van der Waals surface area (Å²) >= 11 is 0. The van der Waals surface area contributed by atoms with Crippen LogP contribution in [0.5, 0.6) is 11.5 Å². The van der Waals surface area contributed by atoms with E-state index in [1.54, 1.807) is 0 Å². The molecule has 3 aliphatic rings. The molecule has 0 unspecified atom stereocenters. The van der Waals surface area contributed by atoms with Gasteiger partial charge in [0.15, 0.2) is 11.5 Å². The van der Waals surface area contributed by atoms with Gasteiger partial charge in [0.05, 0.1) is 18.9 Å². The van der Waals surface area contributed by atoms with Crippen LogP contribution in [-0.4, -0.2) is 19.9 Å². The van der Waals surface area contributed by atoms with Crippen LogP contribution >= 0.6 is 0 Å². The maximum absolute atomic E-state index is 6.33. The zero-order valence-corrected chi connectivity index (χ0v) is 34.5. The Kier molecular flexibility index (Phi) is 8.47. The summed E-state index contributed by atoms with van der Waals surface area (Å²) in [7, 11) is 0. The van der Waals surface area contributed by atoms with E-state index in [1.165, 1.54) is 67.0 Å². The summed E-state index contributed by atoms with van der Waals surface area (Å²) in [5, 5.41) is 0. The monoisotopic (exact) mass is 736 g/mol. The SMILES string of the molecule is CC(C)(C)c1ccc(N2c3ccc(C(C)(C)C)cc3B3c4cc(C(C)(C)C)ccc4N(c4ccc5c(c4)OCCCO5)c4cc(-c5ccccc5)cc2c43)cc1. The third-order valence-electron chi connectivity index (χ3n) is 11.9. The van der Waals surface area contributed by atoms with E-state index in [0.29, 0.717) is 13.2 Å². The van der Waals surface area contributed by atoms with Crippen LogP contribution in [0.1, 0.15) is 85.4 Å². The van der Waals surface area contributed by atoms with E-state index in [2.05, 4.69) is 193 Å². The highest BCUT2D eigenvalue weighted by atomic mass is 16.5. The van der Waals surface area contributed by atoms with Gasteiger partial charge in [-0.15, -0.1) is 0 Å². The summed E-state index contributed by atoms with van der Waals surface area (Å²) in [4.78, 5) is 5.01. The van der Waals surface area contributed by atoms with Crippen molar-refractivity contribution < 1.29 is 9.47 Å². The zero-order chi connectivity index (χ0) is 39.1. The molecule has 0 saturated heterocycles. The molecule has 56 heavy (non-hydrogen) atoms. The second kappa shape index (κ2) is 13.1. The molecule has 6 aromatic carbocycles. The summed E-state index contributed by atoms with van der Waals surface area (Å²) in [6, 6.07) is 45.9. The van der Waals surface area contributed by atoms with Gasteiger partial charge in [0, 0.05) is 40.9 Å². The fourth-order valence-electron chi connectivity index (χ4n) is 8.69. The lowest BCUT2D eigenvalue weighted by Gasteiger charge is -2.45. The van der Waals surface area contributed by atoms with Gasteiger partial charge < -0.3 is 19.3 Å². The van der Waals surface area contributed by atoms with E-state index in [9.17, 15) is 0 Å². The quantitative estimate of drug-likeness (QED) is 0.169. The molecule has 4 nitrogen and oxygen atoms in total. The molecule has 3 aliphatic heterocycles. The highest BCUT2D eigenvalue weighted by molar-refractivity contribution is 7.00. The second-order valence-corrected chi connectivity index (χ2v) is 18.9. The Morgan fingerprint density at radius 3 is 1.50 bits per heavy atom. The number of benzene rings is 6. The van der Waals surface area contributed by atoms with E-state index < -0.39 is 0 Å². The first-order valence-electron chi connectivity index (χ1n) is 20.3. The van der Waals surface area contributed by atoms with Crippen LogP contribution in [0, 0.1) is 0 Å². The summed E-state index contributed by atoms with van der Waals surface area (Å²) in [6.07, 6.45) is 0.864. The first kappa shape index (κ1) is 36.2. The number of hydrogen-bond acceptors (Lipinski definition) is 4. The number of rotatable bonds is 3. The molecule has 0 aliphatic carbocycles. The molecule has 0 fully saturated rings. The highest BCUT2D eigenvalue weighted by Gasteiger charge is 2.44. The Morgan fingerprint density at radius 1 is 0.446 bits per heavy atom. The third-order valence-corrected chi connectivity index (χ3v) is 11.9. The van der Waals surface area contributed by atoms with Crippen molar-refractivity contribution in [2.24, 2.45) is 0 Å². The van der Waals surface area contributed by atoms with Gasteiger partial charge in [-0.05, 0) is 109 Å². The molecule has 0 saturated carbocycles. The second-order valence-electron chi connectivity index (χ2n) is 18.9. The number of ether oxygens (including phenoxy) is 2. The molecule has 0 spiro atoms. The fraction of sp³-hybridized carbons (Fsp3) is 0.294. The first-order chi connectivity index (χ1) is 26.7.